The average molecular weight is 355 g/mol. The summed E-state index contributed by atoms with van der Waals surface area (Å²) < 4.78 is 0. The van der Waals surface area contributed by atoms with Gasteiger partial charge in [0.15, 0.2) is 0 Å². The van der Waals surface area contributed by atoms with Crippen LogP contribution in [0.1, 0.15) is 51.5 Å². The molecule has 1 fully saturated rings. The predicted molar refractivity (Wildman–Crippen MR) is 104 cm³/mol. The highest BCUT2D eigenvalue weighted by Gasteiger charge is 2.27. The van der Waals surface area contributed by atoms with Gasteiger partial charge in [0.05, 0.1) is 0 Å². The Morgan fingerprint density at radius 1 is 1.12 bits per heavy atom. The van der Waals surface area contributed by atoms with Crippen LogP contribution < -0.4 is 10.6 Å². The summed E-state index contributed by atoms with van der Waals surface area (Å²) in [6.07, 6.45) is 7.69. The van der Waals surface area contributed by atoms with Crippen molar-refractivity contribution < 1.29 is 9.59 Å². The first-order chi connectivity index (χ1) is 12.5. The van der Waals surface area contributed by atoms with Crippen LogP contribution in [0.5, 0.6) is 0 Å². The van der Waals surface area contributed by atoms with Crippen LogP contribution in [0.15, 0.2) is 30.5 Å². The molecule has 1 aliphatic carbocycles. The van der Waals surface area contributed by atoms with Gasteiger partial charge in [0.2, 0.25) is 11.8 Å². The highest BCUT2D eigenvalue weighted by molar-refractivity contribution is 5.90. The third-order valence-electron chi connectivity index (χ3n) is 5.14. The standard InChI is InChI=1S/C21H29N3O2/c1-14(2)23-21(26)19(24-20(25)15-8-4-3-5-9-15)12-16-13-22-18-11-7-6-10-17(16)18/h6-7,10-11,13-15,19,22H,3-5,8-9,12H2,1-2H3,(H,23,26)(H,24,25)/t19-/m0/s1. The lowest BCUT2D eigenvalue weighted by Gasteiger charge is -2.25. The fourth-order valence-corrected chi connectivity index (χ4v) is 3.77. The summed E-state index contributed by atoms with van der Waals surface area (Å²) in [5, 5.41) is 7.08. The molecule has 2 amide bonds. The summed E-state index contributed by atoms with van der Waals surface area (Å²) in [6.45, 7) is 3.87. The van der Waals surface area contributed by atoms with Crippen molar-refractivity contribution in [2.75, 3.05) is 0 Å². The number of fused-ring (bicyclic) bond motifs is 1. The summed E-state index contributed by atoms with van der Waals surface area (Å²) in [5.41, 5.74) is 2.09. The van der Waals surface area contributed by atoms with Crippen molar-refractivity contribution in [1.82, 2.24) is 15.6 Å². The maximum absolute atomic E-state index is 12.7. The Balaban J connectivity index is 1.76. The van der Waals surface area contributed by atoms with Gasteiger partial charge >= 0.3 is 0 Å². The van der Waals surface area contributed by atoms with Gasteiger partial charge in [-0.25, -0.2) is 0 Å². The van der Waals surface area contributed by atoms with Crippen molar-refractivity contribution in [2.24, 2.45) is 5.92 Å². The number of aromatic amines is 1. The minimum Gasteiger partial charge on any atom is -0.361 e. The van der Waals surface area contributed by atoms with E-state index >= 15 is 0 Å². The third-order valence-corrected chi connectivity index (χ3v) is 5.14. The second-order valence-electron chi connectivity index (χ2n) is 7.62. The van der Waals surface area contributed by atoms with Crippen LogP contribution in [0.25, 0.3) is 10.9 Å². The second-order valence-corrected chi connectivity index (χ2v) is 7.62. The highest BCUT2D eigenvalue weighted by atomic mass is 16.2. The average Bonchev–Trinajstić information content (AvgIpc) is 3.04. The summed E-state index contributed by atoms with van der Waals surface area (Å²) >= 11 is 0. The van der Waals surface area contributed by atoms with E-state index in [1.54, 1.807) is 0 Å². The monoisotopic (exact) mass is 355 g/mol. The van der Waals surface area contributed by atoms with Crippen LogP contribution in [0.4, 0.5) is 0 Å². The molecule has 0 bridgehead atoms. The van der Waals surface area contributed by atoms with Crippen LogP contribution in [-0.2, 0) is 16.0 Å². The van der Waals surface area contributed by atoms with E-state index in [2.05, 4.69) is 15.6 Å². The molecule has 1 saturated carbocycles. The molecular formula is C21H29N3O2. The number of hydrogen-bond acceptors (Lipinski definition) is 2. The van der Waals surface area contributed by atoms with Gasteiger partial charge in [-0.3, -0.25) is 9.59 Å². The van der Waals surface area contributed by atoms with Gasteiger partial charge in [-0.15, -0.1) is 0 Å². The Morgan fingerprint density at radius 2 is 1.85 bits per heavy atom. The lowest BCUT2D eigenvalue weighted by Crippen LogP contribution is -2.51. The lowest BCUT2D eigenvalue weighted by atomic mass is 9.88. The molecule has 5 heteroatoms. The molecule has 0 unspecified atom stereocenters. The van der Waals surface area contributed by atoms with Crippen LogP contribution in [0, 0.1) is 5.92 Å². The topological polar surface area (TPSA) is 74.0 Å². The molecule has 0 radical (unpaired) electrons. The van der Waals surface area contributed by atoms with Crippen molar-refractivity contribution in [3.8, 4) is 0 Å². The second kappa shape index (κ2) is 8.39. The Labute approximate surface area is 154 Å². The Bertz CT molecular complexity index is 759. The molecule has 1 aromatic heterocycles. The van der Waals surface area contributed by atoms with Crippen molar-refractivity contribution >= 4 is 22.7 Å². The number of para-hydroxylation sites is 1. The van der Waals surface area contributed by atoms with Gasteiger partial charge in [0.1, 0.15) is 6.04 Å². The van der Waals surface area contributed by atoms with E-state index < -0.39 is 6.04 Å². The zero-order valence-electron chi connectivity index (χ0n) is 15.7. The van der Waals surface area contributed by atoms with Crippen molar-refractivity contribution in [3.05, 3.63) is 36.0 Å². The number of benzene rings is 1. The van der Waals surface area contributed by atoms with E-state index in [1.807, 2.05) is 44.3 Å². The maximum atomic E-state index is 12.7. The SMILES string of the molecule is CC(C)NC(=O)[C@H](Cc1c[nH]c2ccccc12)NC(=O)C1CCCCC1. The quantitative estimate of drug-likeness (QED) is 0.744. The van der Waals surface area contributed by atoms with E-state index in [4.69, 9.17) is 0 Å². The van der Waals surface area contributed by atoms with Crippen molar-refractivity contribution in [1.29, 1.82) is 0 Å². The predicted octanol–water partition coefficient (Wildman–Crippen LogP) is 3.30. The molecule has 0 aliphatic heterocycles. The Kier molecular flexibility index (Phi) is 5.96. The summed E-state index contributed by atoms with van der Waals surface area (Å²) in [5.74, 6) is -0.0519. The normalized spacial score (nSPS) is 16.6. The number of H-pyrrole nitrogens is 1. The molecular weight excluding hydrogens is 326 g/mol. The molecule has 2 aromatic rings. The van der Waals surface area contributed by atoms with Gasteiger partial charge in [-0.2, -0.15) is 0 Å². The maximum Gasteiger partial charge on any atom is 0.243 e. The van der Waals surface area contributed by atoms with Crippen LogP contribution >= 0.6 is 0 Å². The molecule has 5 nitrogen and oxygen atoms in total. The van der Waals surface area contributed by atoms with Crippen molar-refractivity contribution in [3.63, 3.8) is 0 Å². The summed E-state index contributed by atoms with van der Waals surface area (Å²) in [6, 6.07) is 7.52. The first-order valence-electron chi connectivity index (χ1n) is 9.70. The van der Waals surface area contributed by atoms with Gasteiger partial charge in [-0.1, -0.05) is 37.5 Å². The van der Waals surface area contributed by atoms with Gasteiger partial charge in [0.25, 0.3) is 0 Å². The summed E-state index contributed by atoms with van der Waals surface area (Å²) in [7, 11) is 0. The zero-order chi connectivity index (χ0) is 18.5. The molecule has 26 heavy (non-hydrogen) atoms. The first-order valence-corrected chi connectivity index (χ1v) is 9.70. The van der Waals surface area contributed by atoms with E-state index in [9.17, 15) is 9.59 Å². The van der Waals surface area contributed by atoms with Crippen molar-refractivity contribution in [2.45, 2.75) is 64.5 Å². The van der Waals surface area contributed by atoms with E-state index in [0.29, 0.717) is 6.42 Å². The van der Waals surface area contributed by atoms with E-state index in [1.165, 1.54) is 6.42 Å². The largest absolute Gasteiger partial charge is 0.361 e. The minimum absolute atomic E-state index is 0.0217. The number of carbonyl (C=O) groups is 2. The molecule has 1 aliphatic rings. The third kappa shape index (κ3) is 4.45. The number of nitrogens with one attached hydrogen (secondary N) is 3. The number of rotatable bonds is 6. The summed E-state index contributed by atoms with van der Waals surface area (Å²) in [4.78, 5) is 28.6. The molecule has 1 heterocycles. The number of aromatic nitrogens is 1. The highest BCUT2D eigenvalue weighted by Crippen LogP contribution is 2.24. The molecule has 3 N–H and O–H groups in total. The molecule has 1 aromatic carbocycles. The number of carbonyl (C=O) groups excluding carboxylic acids is 2. The van der Waals surface area contributed by atoms with Gasteiger partial charge in [-0.05, 0) is 38.3 Å². The fourth-order valence-electron chi connectivity index (χ4n) is 3.77. The van der Waals surface area contributed by atoms with Crippen LogP contribution in [0.2, 0.25) is 0 Å². The molecule has 0 saturated heterocycles. The number of hydrogen-bond donors (Lipinski definition) is 3. The Morgan fingerprint density at radius 3 is 2.58 bits per heavy atom. The van der Waals surface area contributed by atoms with E-state index in [0.717, 1.165) is 42.1 Å². The molecule has 1 atom stereocenters. The lowest BCUT2D eigenvalue weighted by molar-refractivity contribution is -0.132. The number of amides is 2. The Hall–Kier alpha value is -2.30. The van der Waals surface area contributed by atoms with Crippen LogP contribution in [0.3, 0.4) is 0 Å². The molecule has 140 valence electrons. The van der Waals surface area contributed by atoms with Gasteiger partial charge in [0, 0.05) is 35.5 Å². The minimum atomic E-state index is -0.550. The van der Waals surface area contributed by atoms with Crippen LogP contribution in [-0.4, -0.2) is 28.9 Å². The smallest absolute Gasteiger partial charge is 0.243 e. The first kappa shape index (κ1) is 18.5. The van der Waals surface area contributed by atoms with Gasteiger partial charge < -0.3 is 15.6 Å². The fraction of sp³-hybridized carbons (Fsp3) is 0.524. The van der Waals surface area contributed by atoms with E-state index in [-0.39, 0.29) is 23.8 Å². The zero-order valence-corrected chi connectivity index (χ0v) is 15.7. The molecule has 3 rings (SSSR count). The molecule has 0 spiro atoms.